The molecule has 1 aromatic carbocycles. The highest BCUT2D eigenvalue weighted by molar-refractivity contribution is 6.30. The van der Waals surface area contributed by atoms with Crippen LogP contribution in [0.1, 0.15) is 19.4 Å². The molecule has 18 heavy (non-hydrogen) atoms. The van der Waals surface area contributed by atoms with Gasteiger partial charge in [0.15, 0.2) is 11.5 Å². The molecule has 0 fully saturated rings. The standard InChI is InChI=1S/C13H20ClNO3/c1-9(2)17-4-5-18-13-10(8-15)6-11(14)7-12(13)16-3/h6-7,9H,4-5,8,15H2,1-3H3. The van der Waals surface area contributed by atoms with Gasteiger partial charge in [-0.3, -0.25) is 0 Å². The quantitative estimate of drug-likeness (QED) is 0.776. The molecule has 0 aliphatic carbocycles. The molecule has 0 saturated heterocycles. The largest absolute Gasteiger partial charge is 0.493 e. The molecule has 2 N–H and O–H groups in total. The molecule has 0 aliphatic rings. The number of hydrogen-bond acceptors (Lipinski definition) is 4. The van der Waals surface area contributed by atoms with E-state index in [-0.39, 0.29) is 6.10 Å². The van der Waals surface area contributed by atoms with Crippen molar-refractivity contribution in [1.29, 1.82) is 0 Å². The Morgan fingerprint density at radius 1 is 1.28 bits per heavy atom. The van der Waals surface area contributed by atoms with Gasteiger partial charge < -0.3 is 19.9 Å². The maximum atomic E-state index is 5.97. The van der Waals surface area contributed by atoms with E-state index in [1.165, 1.54) is 0 Å². The lowest BCUT2D eigenvalue weighted by molar-refractivity contribution is 0.0545. The van der Waals surface area contributed by atoms with Crippen molar-refractivity contribution in [2.45, 2.75) is 26.5 Å². The van der Waals surface area contributed by atoms with Gasteiger partial charge in [0, 0.05) is 23.2 Å². The van der Waals surface area contributed by atoms with E-state index < -0.39 is 0 Å². The average molecular weight is 274 g/mol. The number of rotatable bonds is 7. The molecule has 0 bridgehead atoms. The van der Waals surface area contributed by atoms with E-state index in [9.17, 15) is 0 Å². The Hall–Kier alpha value is -0.970. The second-order valence-corrected chi connectivity index (χ2v) is 4.50. The van der Waals surface area contributed by atoms with Crippen LogP contribution < -0.4 is 15.2 Å². The Morgan fingerprint density at radius 2 is 2.00 bits per heavy atom. The van der Waals surface area contributed by atoms with E-state index in [0.717, 1.165) is 5.56 Å². The lowest BCUT2D eigenvalue weighted by Crippen LogP contribution is -2.13. The van der Waals surface area contributed by atoms with Gasteiger partial charge in [-0.05, 0) is 19.9 Å². The molecule has 0 heterocycles. The molecule has 5 heteroatoms. The lowest BCUT2D eigenvalue weighted by Gasteiger charge is -2.15. The third-order valence-electron chi connectivity index (χ3n) is 2.32. The molecule has 0 amide bonds. The number of hydrogen-bond donors (Lipinski definition) is 1. The van der Waals surface area contributed by atoms with Crippen LogP contribution in [0.15, 0.2) is 12.1 Å². The smallest absolute Gasteiger partial charge is 0.165 e. The van der Waals surface area contributed by atoms with Crippen LogP contribution in [0.25, 0.3) is 0 Å². The Balaban J connectivity index is 2.73. The Morgan fingerprint density at radius 3 is 2.56 bits per heavy atom. The Kier molecular flexibility index (Phi) is 6.25. The van der Waals surface area contributed by atoms with Crippen LogP contribution in [0.3, 0.4) is 0 Å². The fourth-order valence-electron chi connectivity index (χ4n) is 1.52. The molecule has 0 spiro atoms. The van der Waals surface area contributed by atoms with Crippen molar-refractivity contribution < 1.29 is 14.2 Å². The third kappa shape index (κ3) is 4.37. The van der Waals surface area contributed by atoms with E-state index in [0.29, 0.717) is 36.3 Å². The summed E-state index contributed by atoms with van der Waals surface area (Å²) >= 11 is 5.97. The molecule has 1 rings (SSSR count). The first-order valence-electron chi connectivity index (χ1n) is 5.89. The maximum absolute atomic E-state index is 5.97. The number of benzene rings is 1. The van der Waals surface area contributed by atoms with Crippen LogP contribution in [0, 0.1) is 0 Å². The number of halogens is 1. The van der Waals surface area contributed by atoms with Gasteiger partial charge in [-0.2, -0.15) is 0 Å². The van der Waals surface area contributed by atoms with Gasteiger partial charge in [0.05, 0.1) is 19.8 Å². The summed E-state index contributed by atoms with van der Waals surface area (Å²) in [6.07, 6.45) is 0.190. The molecule has 0 atom stereocenters. The first-order chi connectivity index (χ1) is 8.58. The molecule has 0 saturated carbocycles. The summed E-state index contributed by atoms with van der Waals surface area (Å²) in [6.45, 7) is 5.27. The molecule has 1 aromatic rings. The first kappa shape index (κ1) is 15.1. The minimum Gasteiger partial charge on any atom is -0.493 e. The topological polar surface area (TPSA) is 53.7 Å². The predicted molar refractivity (Wildman–Crippen MR) is 72.5 cm³/mol. The number of methoxy groups -OCH3 is 1. The van der Waals surface area contributed by atoms with Gasteiger partial charge in [-0.15, -0.1) is 0 Å². The average Bonchev–Trinajstić information content (AvgIpc) is 2.34. The monoisotopic (exact) mass is 273 g/mol. The van der Waals surface area contributed by atoms with E-state index in [4.69, 9.17) is 31.5 Å². The van der Waals surface area contributed by atoms with E-state index in [2.05, 4.69) is 0 Å². The van der Waals surface area contributed by atoms with Crippen molar-refractivity contribution in [1.82, 2.24) is 0 Å². The van der Waals surface area contributed by atoms with Gasteiger partial charge in [0.1, 0.15) is 6.61 Å². The van der Waals surface area contributed by atoms with Gasteiger partial charge in [-0.1, -0.05) is 11.6 Å². The summed E-state index contributed by atoms with van der Waals surface area (Å²) in [6, 6.07) is 3.49. The van der Waals surface area contributed by atoms with Crippen LogP contribution in [0.5, 0.6) is 11.5 Å². The number of nitrogens with two attached hydrogens (primary N) is 1. The summed E-state index contributed by atoms with van der Waals surface area (Å²) in [4.78, 5) is 0. The summed E-state index contributed by atoms with van der Waals surface area (Å²) in [5.41, 5.74) is 6.49. The Labute approximate surface area is 113 Å². The van der Waals surface area contributed by atoms with Crippen molar-refractivity contribution in [3.05, 3.63) is 22.7 Å². The van der Waals surface area contributed by atoms with Crippen molar-refractivity contribution >= 4 is 11.6 Å². The normalized spacial score (nSPS) is 10.8. The van der Waals surface area contributed by atoms with Crippen LogP contribution >= 0.6 is 11.6 Å². The van der Waals surface area contributed by atoms with Crippen molar-refractivity contribution in [2.24, 2.45) is 5.73 Å². The predicted octanol–water partition coefficient (Wildman–Crippen LogP) is 2.61. The van der Waals surface area contributed by atoms with Gasteiger partial charge >= 0.3 is 0 Å². The molecule has 4 nitrogen and oxygen atoms in total. The van der Waals surface area contributed by atoms with Crippen molar-refractivity contribution in [2.75, 3.05) is 20.3 Å². The summed E-state index contributed by atoms with van der Waals surface area (Å²) in [5, 5.41) is 0.582. The van der Waals surface area contributed by atoms with Crippen LogP contribution in [0.4, 0.5) is 0 Å². The Bertz CT molecular complexity index is 357. The van der Waals surface area contributed by atoms with E-state index in [1.54, 1.807) is 19.2 Å². The summed E-state index contributed by atoms with van der Waals surface area (Å²) < 4.78 is 16.3. The molecule has 0 unspecified atom stereocenters. The molecule has 0 aliphatic heterocycles. The zero-order chi connectivity index (χ0) is 13.5. The molecular formula is C13H20ClNO3. The minimum absolute atomic E-state index is 0.190. The fraction of sp³-hybridized carbons (Fsp3) is 0.538. The first-order valence-corrected chi connectivity index (χ1v) is 6.27. The third-order valence-corrected chi connectivity index (χ3v) is 2.54. The fourth-order valence-corrected chi connectivity index (χ4v) is 1.75. The SMILES string of the molecule is COc1cc(Cl)cc(CN)c1OCCOC(C)C. The highest BCUT2D eigenvalue weighted by Gasteiger charge is 2.11. The second-order valence-electron chi connectivity index (χ2n) is 4.07. The van der Waals surface area contributed by atoms with E-state index >= 15 is 0 Å². The van der Waals surface area contributed by atoms with Gasteiger partial charge in [-0.25, -0.2) is 0 Å². The molecule has 0 aromatic heterocycles. The molecular weight excluding hydrogens is 254 g/mol. The summed E-state index contributed by atoms with van der Waals surface area (Å²) in [7, 11) is 1.57. The lowest BCUT2D eigenvalue weighted by atomic mass is 10.2. The van der Waals surface area contributed by atoms with Gasteiger partial charge in [0.2, 0.25) is 0 Å². The van der Waals surface area contributed by atoms with Crippen LogP contribution in [-0.2, 0) is 11.3 Å². The van der Waals surface area contributed by atoms with Crippen LogP contribution in [0.2, 0.25) is 5.02 Å². The number of ether oxygens (including phenoxy) is 3. The van der Waals surface area contributed by atoms with Crippen molar-refractivity contribution in [3.8, 4) is 11.5 Å². The second kappa shape index (κ2) is 7.46. The van der Waals surface area contributed by atoms with Crippen LogP contribution in [-0.4, -0.2) is 26.4 Å². The zero-order valence-corrected chi connectivity index (χ0v) is 11.8. The van der Waals surface area contributed by atoms with Gasteiger partial charge in [0.25, 0.3) is 0 Å². The zero-order valence-electron chi connectivity index (χ0n) is 11.0. The van der Waals surface area contributed by atoms with Crippen molar-refractivity contribution in [3.63, 3.8) is 0 Å². The maximum Gasteiger partial charge on any atom is 0.165 e. The molecule has 102 valence electrons. The van der Waals surface area contributed by atoms with E-state index in [1.807, 2.05) is 13.8 Å². The summed E-state index contributed by atoms with van der Waals surface area (Å²) in [5.74, 6) is 1.23. The minimum atomic E-state index is 0.190. The highest BCUT2D eigenvalue weighted by atomic mass is 35.5. The molecule has 0 radical (unpaired) electrons. The highest BCUT2D eigenvalue weighted by Crippen LogP contribution is 2.34.